The second kappa shape index (κ2) is 4.09. The van der Waals surface area contributed by atoms with Gasteiger partial charge in [-0.1, -0.05) is 18.2 Å². The van der Waals surface area contributed by atoms with Crippen molar-refractivity contribution in [2.75, 3.05) is 5.43 Å². The molecule has 0 spiro atoms. The van der Waals surface area contributed by atoms with Crippen LogP contribution in [0.4, 0.5) is 0 Å². The van der Waals surface area contributed by atoms with E-state index in [2.05, 4.69) is 15.7 Å². The molecule has 0 saturated carbocycles. The number of nitrogens with one attached hydrogen (secondary N) is 1. The Bertz CT molecular complexity index is 505. The zero-order valence-corrected chi connectivity index (χ0v) is 9.08. The average molecular weight is 218 g/mol. The number of benzene rings is 1. The van der Waals surface area contributed by atoms with Crippen LogP contribution in [0.1, 0.15) is 16.2 Å². The Kier molecular flexibility index (Phi) is 2.63. The van der Waals surface area contributed by atoms with Gasteiger partial charge in [0.1, 0.15) is 12.3 Å². The predicted octanol–water partition coefficient (Wildman–Crippen LogP) is -0.205. The van der Waals surface area contributed by atoms with Gasteiger partial charge in [0.05, 0.1) is 0 Å². The number of carbonyl (C=O) groups excluding carboxylic acids is 1. The van der Waals surface area contributed by atoms with E-state index in [1.54, 1.807) is 26.1 Å². The standard InChI is InChI=1S/C10H11N5O/c1-8-11-14(2)13-15(8)12-10(16)9-6-4-3-5-7-9/h3-7H,1-2H3/p+1. The van der Waals surface area contributed by atoms with Crippen LogP contribution >= 0.6 is 0 Å². The first-order chi connectivity index (χ1) is 7.66. The SMILES string of the molecule is Cc1n[n+](C)nn1NC(=O)c1ccccc1. The molecular formula is C10H12N5O+. The van der Waals surface area contributed by atoms with E-state index in [9.17, 15) is 4.79 Å². The van der Waals surface area contributed by atoms with Gasteiger partial charge in [-0.05, 0) is 26.8 Å². The fourth-order valence-electron chi connectivity index (χ4n) is 1.32. The smallest absolute Gasteiger partial charge is 0.266 e. The van der Waals surface area contributed by atoms with Crippen LogP contribution in [0.2, 0.25) is 0 Å². The van der Waals surface area contributed by atoms with Crippen LogP contribution in [0.5, 0.6) is 0 Å². The van der Waals surface area contributed by atoms with E-state index in [0.717, 1.165) is 0 Å². The van der Waals surface area contributed by atoms with Gasteiger partial charge in [0, 0.05) is 12.5 Å². The van der Waals surface area contributed by atoms with Crippen molar-refractivity contribution in [3.8, 4) is 0 Å². The zero-order chi connectivity index (χ0) is 11.5. The molecule has 0 bridgehead atoms. The lowest BCUT2D eigenvalue weighted by molar-refractivity contribution is -0.785. The van der Waals surface area contributed by atoms with Crippen molar-refractivity contribution in [3.63, 3.8) is 0 Å². The zero-order valence-electron chi connectivity index (χ0n) is 9.08. The Morgan fingerprint density at radius 1 is 1.38 bits per heavy atom. The highest BCUT2D eigenvalue weighted by atomic mass is 16.2. The Balaban J connectivity index is 2.17. The van der Waals surface area contributed by atoms with Gasteiger partial charge >= 0.3 is 0 Å². The molecule has 0 aliphatic rings. The second-order valence-corrected chi connectivity index (χ2v) is 3.34. The molecule has 1 aromatic carbocycles. The van der Waals surface area contributed by atoms with Crippen molar-refractivity contribution >= 4 is 5.91 Å². The van der Waals surface area contributed by atoms with Gasteiger partial charge in [0.2, 0.25) is 0 Å². The fourth-order valence-corrected chi connectivity index (χ4v) is 1.32. The normalized spacial score (nSPS) is 10.1. The number of aryl methyl sites for hydroxylation is 2. The molecule has 6 nitrogen and oxygen atoms in total. The van der Waals surface area contributed by atoms with Crippen molar-refractivity contribution in [2.24, 2.45) is 7.05 Å². The third kappa shape index (κ3) is 2.05. The average Bonchev–Trinajstić information content (AvgIpc) is 2.59. The molecule has 2 aromatic rings. The van der Waals surface area contributed by atoms with Gasteiger partial charge in [-0.25, -0.2) is 0 Å². The number of aromatic nitrogens is 4. The molecule has 0 atom stereocenters. The quantitative estimate of drug-likeness (QED) is 0.710. The van der Waals surface area contributed by atoms with Gasteiger partial charge in [-0.15, -0.1) is 0 Å². The minimum atomic E-state index is -0.214. The van der Waals surface area contributed by atoms with Gasteiger partial charge in [0.15, 0.2) is 0 Å². The monoisotopic (exact) mass is 218 g/mol. The highest BCUT2D eigenvalue weighted by Crippen LogP contribution is 1.98. The molecular weight excluding hydrogens is 206 g/mol. The Hall–Kier alpha value is -2.24. The summed E-state index contributed by atoms with van der Waals surface area (Å²) in [7, 11) is 1.69. The first kappa shape index (κ1) is 10.3. The molecule has 0 aliphatic carbocycles. The molecule has 82 valence electrons. The highest BCUT2D eigenvalue weighted by molar-refractivity contribution is 5.99. The summed E-state index contributed by atoms with van der Waals surface area (Å²) in [5.74, 6) is 0.404. The predicted molar refractivity (Wildman–Crippen MR) is 56.1 cm³/mol. The Morgan fingerprint density at radius 2 is 2.06 bits per heavy atom. The summed E-state index contributed by atoms with van der Waals surface area (Å²) in [5, 5.41) is 7.98. The van der Waals surface area contributed by atoms with Crippen LogP contribution in [-0.2, 0) is 7.05 Å². The van der Waals surface area contributed by atoms with E-state index in [0.29, 0.717) is 11.4 Å². The number of carbonyl (C=O) groups is 1. The number of tetrazole rings is 1. The van der Waals surface area contributed by atoms with Crippen LogP contribution in [0, 0.1) is 6.92 Å². The molecule has 1 N–H and O–H groups in total. The van der Waals surface area contributed by atoms with Crippen LogP contribution in [-0.4, -0.2) is 21.0 Å². The summed E-state index contributed by atoms with van der Waals surface area (Å²) in [6.45, 7) is 1.76. The molecule has 2 rings (SSSR count). The highest BCUT2D eigenvalue weighted by Gasteiger charge is 2.15. The number of rotatable bonds is 2. The number of nitrogens with zero attached hydrogens (tertiary/aromatic N) is 4. The number of amides is 1. The van der Waals surface area contributed by atoms with E-state index in [-0.39, 0.29) is 5.91 Å². The summed E-state index contributed by atoms with van der Waals surface area (Å²) < 4.78 is 0. The minimum absolute atomic E-state index is 0.214. The largest absolute Gasteiger partial charge is 0.288 e. The van der Waals surface area contributed by atoms with E-state index in [1.165, 1.54) is 9.59 Å². The maximum atomic E-state index is 11.8. The number of hydrogen-bond acceptors (Lipinski definition) is 3. The summed E-state index contributed by atoms with van der Waals surface area (Å²) in [5.41, 5.74) is 3.21. The van der Waals surface area contributed by atoms with Crippen LogP contribution < -0.4 is 10.2 Å². The van der Waals surface area contributed by atoms with E-state index in [1.807, 2.05) is 18.2 Å². The molecule has 0 aliphatic heterocycles. The lowest BCUT2D eigenvalue weighted by Gasteiger charge is -1.98. The molecule has 0 saturated heterocycles. The lowest BCUT2D eigenvalue weighted by atomic mass is 10.2. The van der Waals surface area contributed by atoms with E-state index < -0.39 is 0 Å². The van der Waals surface area contributed by atoms with Crippen LogP contribution in [0.3, 0.4) is 0 Å². The fraction of sp³-hybridized carbons (Fsp3) is 0.200. The molecule has 0 unspecified atom stereocenters. The summed E-state index contributed by atoms with van der Waals surface area (Å²) in [4.78, 5) is 14.5. The van der Waals surface area contributed by atoms with Gasteiger partial charge in [0.25, 0.3) is 11.7 Å². The first-order valence-electron chi connectivity index (χ1n) is 4.83. The van der Waals surface area contributed by atoms with Crippen molar-refractivity contribution in [1.82, 2.24) is 15.1 Å². The van der Waals surface area contributed by atoms with Crippen molar-refractivity contribution in [1.29, 1.82) is 0 Å². The molecule has 0 radical (unpaired) electrons. The maximum Gasteiger partial charge on any atom is 0.288 e. The van der Waals surface area contributed by atoms with Gasteiger partial charge in [-0.3, -0.25) is 4.79 Å². The van der Waals surface area contributed by atoms with Crippen molar-refractivity contribution in [3.05, 3.63) is 41.7 Å². The molecule has 6 heteroatoms. The Labute approximate surface area is 92.5 Å². The van der Waals surface area contributed by atoms with Gasteiger partial charge < -0.3 is 0 Å². The topological polar surface area (TPSA) is 63.7 Å². The summed E-state index contributed by atoms with van der Waals surface area (Å²) >= 11 is 0. The summed E-state index contributed by atoms with van der Waals surface area (Å²) in [6, 6.07) is 8.95. The molecule has 1 amide bonds. The first-order valence-corrected chi connectivity index (χ1v) is 4.83. The second-order valence-electron chi connectivity index (χ2n) is 3.34. The van der Waals surface area contributed by atoms with Crippen LogP contribution in [0.15, 0.2) is 30.3 Å². The third-order valence-electron chi connectivity index (χ3n) is 2.06. The van der Waals surface area contributed by atoms with Crippen LogP contribution in [0.25, 0.3) is 0 Å². The van der Waals surface area contributed by atoms with E-state index >= 15 is 0 Å². The lowest BCUT2D eigenvalue weighted by Crippen LogP contribution is -2.36. The summed E-state index contributed by atoms with van der Waals surface area (Å²) in [6.07, 6.45) is 0. The number of hydrogen-bond donors (Lipinski definition) is 1. The Morgan fingerprint density at radius 3 is 2.62 bits per heavy atom. The van der Waals surface area contributed by atoms with Gasteiger partial charge in [-0.2, -0.15) is 5.43 Å². The molecule has 1 heterocycles. The van der Waals surface area contributed by atoms with E-state index in [4.69, 9.17) is 0 Å². The maximum absolute atomic E-state index is 11.8. The minimum Gasteiger partial charge on any atom is -0.266 e. The third-order valence-corrected chi connectivity index (χ3v) is 2.06. The molecule has 0 fully saturated rings. The molecule has 1 aromatic heterocycles. The van der Waals surface area contributed by atoms with Crippen molar-refractivity contribution < 1.29 is 9.59 Å². The van der Waals surface area contributed by atoms with Crippen molar-refractivity contribution in [2.45, 2.75) is 6.92 Å². The molecule has 16 heavy (non-hydrogen) atoms.